The first kappa shape index (κ1) is 85.1. The lowest BCUT2D eigenvalue weighted by atomic mass is 10.00. The van der Waals surface area contributed by atoms with Crippen LogP contribution in [0.1, 0.15) is 331 Å². The van der Waals surface area contributed by atoms with Crippen LogP contribution in [0.25, 0.3) is 0 Å². The van der Waals surface area contributed by atoms with Crippen LogP contribution in [0, 0.1) is 23.7 Å². The molecule has 87 heavy (non-hydrogen) atoms. The van der Waals surface area contributed by atoms with E-state index in [4.69, 9.17) is 37.0 Å². The average molecular weight is 1280 g/mol. The van der Waals surface area contributed by atoms with Crippen molar-refractivity contribution in [3.8, 4) is 0 Å². The van der Waals surface area contributed by atoms with E-state index in [0.29, 0.717) is 31.6 Å². The van der Waals surface area contributed by atoms with Crippen LogP contribution in [0.3, 0.4) is 0 Å². The minimum atomic E-state index is -4.95. The highest BCUT2D eigenvalue weighted by molar-refractivity contribution is 7.47. The van der Waals surface area contributed by atoms with E-state index in [2.05, 4.69) is 55.4 Å². The molecule has 0 saturated heterocycles. The number of hydrogen-bond donors (Lipinski definition) is 3. The zero-order valence-corrected chi connectivity index (χ0v) is 58.4. The molecule has 3 N–H and O–H groups in total. The Hall–Kier alpha value is -1.94. The van der Waals surface area contributed by atoms with Crippen molar-refractivity contribution in [2.45, 2.75) is 350 Å². The molecule has 0 aliphatic carbocycles. The largest absolute Gasteiger partial charge is 0.472 e. The van der Waals surface area contributed by atoms with Crippen molar-refractivity contribution in [3.63, 3.8) is 0 Å². The Balaban J connectivity index is 5.26. The predicted molar refractivity (Wildman–Crippen MR) is 349 cm³/mol. The van der Waals surface area contributed by atoms with Crippen LogP contribution >= 0.6 is 15.6 Å². The normalized spacial score (nSPS) is 14.6. The Morgan fingerprint density at radius 2 is 0.552 bits per heavy atom. The molecular formula is C68H132O17P2. The molecule has 0 aromatic carbocycles. The van der Waals surface area contributed by atoms with Crippen LogP contribution in [-0.2, 0) is 65.4 Å². The molecule has 516 valence electrons. The molecular weight excluding hydrogens is 1150 g/mol. The second-order valence-corrected chi connectivity index (χ2v) is 29.1. The molecule has 0 aliphatic heterocycles. The van der Waals surface area contributed by atoms with E-state index in [9.17, 15) is 43.2 Å². The number of hydrogen-bond acceptors (Lipinski definition) is 15. The number of esters is 4. The summed E-state index contributed by atoms with van der Waals surface area (Å²) in [6, 6.07) is 0. The summed E-state index contributed by atoms with van der Waals surface area (Å²) < 4.78 is 68.2. The zero-order valence-electron chi connectivity index (χ0n) is 56.6. The quantitative estimate of drug-likeness (QED) is 0.0222. The van der Waals surface area contributed by atoms with Crippen LogP contribution < -0.4 is 0 Å². The van der Waals surface area contributed by atoms with Gasteiger partial charge < -0.3 is 33.8 Å². The van der Waals surface area contributed by atoms with E-state index in [1.807, 2.05) is 0 Å². The van der Waals surface area contributed by atoms with Crippen LogP contribution in [0.5, 0.6) is 0 Å². The maximum atomic E-state index is 13.0. The van der Waals surface area contributed by atoms with Gasteiger partial charge in [0.2, 0.25) is 0 Å². The Labute approximate surface area is 530 Å². The van der Waals surface area contributed by atoms with Gasteiger partial charge in [0.25, 0.3) is 0 Å². The third-order valence-corrected chi connectivity index (χ3v) is 17.8. The molecule has 0 heterocycles. The Morgan fingerprint density at radius 3 is 0.816 bits per heavy atom. The maximum absolute atomic E-state index is 13.0. The van der Waals surface area contributed by atoms with Gasteiger partial charge in [0.15, 0.2) is 12.2 Å². The van der Waals surface area contributed by atoms with Crippen molar-refractivity contribution in [3.05, 3.63) is 0 Å². The predicted octanol–water partition coefficient (Wildman–Crippen LogP) is 18.9. The lowest BCUT2D eigenvalue weighted by Gasteiger charge is -2.21. The lowest BCUT2D eigenvalue weighted by Crippen LogP contribution is -2.30. The molecule has 0 radical (unpaired) electrons. The molecule has 19 heteroatoms. The number of aliphatic hydroxyl groups excluding tert-OH is 1. The first-order chi connectivity index (χ1) is 41.6. The van der Waals surface area contributed by atoms with E-state index < -0.39 is 97.5 Å². The number of rotatable bonds is 65. The van der Waals surface area contributed by atoms with Crippen molar-refractivity contribution >= 4 is 39.5 Å². The molecule has 0 rings (SSSR count). The first-order valence-corrected chi connectivity index (χ1v) is 38.2. The van der Waals surface area contributed by atoms with Crippen LogP contribution in [0.4, 0.5) is 0 Å². The van der Waals surface area contributed by atoms with Gasteiger partial charge in [-0.1, -0.05) is 280 Å². The molecule has 17 nitrogen and oxygen atoms in total. The summed E-state index contributed by atoms with van der Waals surface area (Å²) in [6.45, 7) is 14.0. The van der Waals surface area contributed by atoms with Gasteiger partial charge in [0, 0.05) is 25.7 Å². The van der Waals surface area contributed by atoms with Crippen LogP contribution in [0.2, 0.25) is 0 Å². The minimum absolute atomic E-state index is 0.104. The highest BCUT2D eigenvalue weighted by atomic mass is 31.2. The molecule has 0 aliphatic rings. The number of unbranched alkanes of at least 4 members (excludes halogenated alkanes) is 30. The molecule has 6 atom stereocenters. The smallest absolute Gasteiger partial charge is 0.462 e. The van der Waals surface area contributed by atoms with E-state index in [-0.39, 0.29) is 25.7 Å². The summed E-state index contributed by atoms with van der Waals surface area (Å²) in [4.78, 5) is 72.4. The van der Waals surface area contributed by atoms with E-state index in [0.717, 1.165) is 120 Å². The number of aliphatic hydroxyl groups is 1. The number of phosphoric ester groups is 2. The summed E-state index contributed by atoms with van der Waals surface area (Å²) in [5.74, 6) is 0.819. The minimum Gasteiger partial charge on any atom is -0.462 e. The summed E-state index contributed by atoms with van der Waals surface area (Å²) in [5.41, 5.74) is 0. The summed E-state index contributed by atoms with van der Waals surface area (Å²) >= 11 is 0. The van der Waals surface area contributed by atoms with Gasteiger partial charge >= 0.3 is 39.5 Å². The van der Waals surface area contributed by atoms with Gasteiger partial charge in [-0.15, -0.1) is 0 Å². The van der Waals surface area contributed by atoms with Crippen molar-refractivity contribution in [1.82, 2.24) is 0 Å². The van der Waals surface area contributed by atoms with Gasteiger partial charge in [0.05, 0.1) is 26.4 Å². The van der Waals surface area contributed by atoms with Crippen molar-refractivity contribution in [2.24, 2.45) is 23.7 Å². The van der Waals surface area contributed by atoms with Gasteiger partial charge in [-0.05, 0) is 49.4 Å². The Kier molecular flexibility index (Phi) is 56.6. The van der Waals surface area contributed by atoms with Crippen LogP contribution in [0.15, 0.2) is 0 Å². The third-order valence-electron chi connectivity index (χ3n) is 15.9. The Morgan fingerprint density at radius 1 is 0.322 bits per heavy atom. The third kappa shape index (κ3) is 61.3. The second-order valence-electron chi connectivity index (χ2n) is 26.2. The molecule has 0 fully saturated rings. The molecule has 0 amide bonds. The number of phosphoric acid groups is 2. The van der Waals surface area contributed by atoms with Crippen molar-refractivity contribution in [2.75, 3.05) is 39.6 Å². The summed E-state index contributed by atoms with van der Waals surface area (Å²) in [7, 11) is -9.90. The number of carbonyl (C=O) groups is 4. The summed E-state index contributed by atoms with van der Waals surface area (Å²) in [5, 5.41) is 10.6. The monoisotopic (exact) mass is 1280 g/mol. The molecule has 0 aromatic heterocycles. The van der Waals surface area contributed by atoms with Gasteiger partial charge in [-0.25, -0.2) is 9.13 Å². The van der Waals surface area contributed by atoms with Crippen molar-refractivity contribution in [1.29, 1.82) is 0 Å². The molecule has 0 bridgehead atoms. The first-order valence-electron chi connectivity index (χ1n) is 35.2. The maximum Gasteiger partial charge on any atom is 0.472 e. The zero-order chi connectivity index (χ0) is 64.7. The average Bonchev–Trinajstić information content (AvgIpc) is 3.67. The van der Waals surface area contributed by atoms with E-state index in [1.54, 1.807) is 0 Å². The molecule has 0 saturated carbocycles. The standard InChI is InChI=1S/C68H132O17P2/c1-9-61(8)47-39-31-26-27-33-41-49-66(71)79-55-64(85-68(73)51-43-35-24-18-14-13-16-21-29-37-45-59(4)5)57-83-87(76,77)81-53-62(69)52-80-86(74,75)82-56-63(54-78-65(70)48-40-32-25-19-22-30-38-46-60(6)7)84-67(72)50-42-34-23-17-12-10-11-15-20-28-36-44-58(2)3/h58-64,69H,9-57H2,1-8H3,(H,74,75)(H,76,77)/t61?,62-,63-,64-/m1/s1. The Bertz CT molecular complexity index is 1730. The van der Waals surface area contributed by atoms with Gasteiger partial charge in [-0.2, -0.15) is 0 Å². The van der Waals surface area contributed by atoms with Gasteiger partial charge in [-0.3, -0.25) is 37.3 Å². The SMILES string of the molecule is CCC(C)CCCCCCCCC(=O)OC[C@H](COP(=O)(O)OC[C@H](O)COP(=O)(O)OC[C@@H](COC(=O)CCCCCCCCCC(C)C)OC(=O)CCCCCCCCCCCCCC(C)C)OC(=O)CCCCCCCCCCCCC(C)C. The molecule has 0 spiro atoms. The van der Waals surface area contributed by atoms with Crippen molar-refractivity contribution < 1.29 is 80.2 Å². The molecule has 3 unspecified atom stereocenters. The lowest BCUT2D eigenvalue weighted by molar-refractivity contribution is -0.161. The van der Waals surface area contributed by atoms with Gasteiger partial charge in [0.1, 0.15) is 19.3 Å². The highest BCUT2D eigenvalue weighted by Gasteiger charge is 2.30. The second kappa shape index (κ2) is 57.9. The summed E-state index contributed by atoms with van der Waals surface area (Å²) in [6.07, 6.45) is 39.0. The highest BCUT2D eigenvalue weighted by Crippen LogP contribution is 2.45. The van der Waals surface area contributed by atoms with E-state index in [1.165, 1.54) is 122 Å². The molecule has 0 aromatic rings. The van der Waals surface area contributed by atoms with Crippen LogP contribution in [-0.4, -0.2) is 96.7 Å². The number of ether oxygens (including phenoxy) is 4. The fraction of sp³-hybridized carbons (Fsp3) is 0.941. The fourth-order valence-electron chi connectivity index (χ4n) is 10.1. The van der Waals surface area contributed by atoms with E-state index >= 15 is 0 Å². The fourth-order valence-corrected chi connectivity index (χ4v) is 11.7. The topological polar surface area (TPSA) is 237 Å². The number of carbonyl (C=O) groups excluding carboxylic acids is 4.